The van der Waals surface area contributed by atoms with Crippen LogP contribution in [-0.2, 0) is 22.6 Å². The van der Waals surface area contributed by atoms with Gasteiger partial charge in [0.15, 0.2) is 6.61 Å². The van der Waals surface area contributed by atoms with Crippen LogP contribution in [0, 0.1) is 0 Å². The third-order valence-corrected chi connectivity index (χ3v) is 3.74. The average Bonchev–Trinajstić information content (AvgIpc) is 2.60. The van der Waals surface area contributed by atoms with Crippen molar-refractivity contribution in [2.75, 3.05) is 13.7 Å². The Hall–Kier alpha value is -2.53. The van der Waals surface area contributed by atoms with Crippen molar-refractivity contribution < 1.29 is 14.3 Å². The first-order valence-electron chi connectivity index (χ1n) is 7.51. The van der Waals surface area contributed by atoms with Gasteiger partial charge in [0.1, 0.15) is 5.75 Å². The van der Waals surface area contributed by atoms with Gasteiger partial charge in [0, 0.05) is 18.6 Å². The summed E-state index contributed by atoms with van der Waals surface area (Å²) in [6.07, 6.45) is 0.243. The van der Waals surface area contributed by atoms with Gasteiger partial charge >= 0.3 is 0 Å². The summed E-state index contributed by atoms with van der Waals surface area (Å²) >= 11 is 6.04. The highest BCUT2D eigenvalue weighted by molar-refractivity contribution is 6.31. The summed E-state index contributed by atoms with van der Waals surface area (Å²) in [4.78, 5) is 23.1. The molecule has 5 nitrogen and oxygen atoms in total. The molecule has 2 aromatic carbocycles. The molecule has 0 aliphatic heterocycles. The number of rotatable bonds is 7. The maximum atomic E-state index is 12.0. The molecule has 0 spiro atoms. The zero-order valence-corrected chi connectivity index (χ0v) is 14.1. The molecular formula is C18H19ClN2O3. The van der Waals surface area contributed by atoms with Gasteiger partial charge in [-0.25, -0.2) is 0 Å². The summed E-state index contributed by atoms with van der Waals surface area (Å²) in [6, 6.07) is 14.5. The Balaban J connectivity index is 1.80. The molecule has 6 heteroatoms. The van der Waals surface area contributed by atoms with E-state index in [1.54, 1.807) is 25.2 Å². The second kappa shape index (κ2) is 8.93. The molecule has 2 amide bonds. The van der Waals surface area contributed by atoms with Gasteiger partial charge in [-0.15, -0.1) is 0 Å². The molecule has 0 atom stereocenters. The largest absolute Gasteiger partial charge is 0.484 e. The summed E-state index contributed by atoms with van der Waals surface area (Å²) in [5.74, 6) is 0.318. The molecule has 0 aliphatic rings. The van der Waals surface area contributed by atoms with E-state index in [-0.39, 0.29) is 24.8 Å². The van der Waals surface area contributed by atoms with Gasteiger partial charge in [-0.1, -0.05) is 41.9 Å². The van der Waals surface area contributed by atoms with Crippen LogP contribution in [0.4, 0.5) is 0 Å². The topological polar surface area (TPSA) is 67.4 Å². The summed E-state index contributed by atoms with van der Waals surface area (Å²) < 4.78 is 5.32. The highest BCUT2D eigenvalue weighted by atomic mass is 35.5. The van der Waals surface area contributed by atoms with Crippen LogP contribution >= 0.6 is 11.6 Å². The number of likely N-dealkylation sites (N-methyl/N-ethyl adjacent to an activating group) is 1. The van der Waals surface area contributed by atoms with Gasteiger partial charge in [-0.05, 0) is 29.3 Å². The second-order valence-corrected chi connectivity index (χ2v) is 5.56. The van der Waals surface area contributed by atoms with E-state index in [1.165, 1.54) is 0 Å². The SMILES string of the molecule is CNC(=O)COc1ccc(CNC(=O)Cc2ccccc2Cl)cc1. The molecule has 0 aromatic heterocycles. The van der Waals surface area contributed by atoms with Crippen LogP contribution in [0.3, 0.4) is 0 Å². The van der Waals surface area contributed by atoms with Crippen molar-refractivity contribution in [1.82, 2.24) is 10.6 Å². The Morgan fingerprint density at radius 2 is 1.75 bits per heavy atom. The molecular weight excluding hydrogens is 328 g/mol. The van der Waals surface area contributed by atoms with E-state index >= 15 is 0 Å². The number of carbonyl (C=O) groups is 2. The van der Waals surface area contributed by atoms with Crippen LogP contribution < -0.4 is 15.4 Å². The molecule has 0 radical (unpaired) electrons. The van der Waals surface area contributed by atoms with Crippen molar-refractivity contribution in [1.29, 1.82) is 0 Å². The lowest BCUT2D eigenvalue weighted by molar-refractivity contribution is -0.122. The van der Waals surface area contributed by atoms with Crippen molar-refractivity contribution >= 4 is 23.4 Å². The predicted molar refractivity (Wildman–Crippen MR) is 93.0 cm³/mol. The highest BCUT2D eigenvalue weighted by Crippen LogP contribution is 2.15. The van der Waals surface area contributed by atoms with Crippen molar-refractivity contribution in [3.63, 3.8) is 0 Å². The predicted octanol–water partition coefficient (Wildman–Crippen LogP) is 2.32. The molecule has 126 valence electrons. The number of ether oxygens (including phenoxy) is 1. The van der Waals surface area contributed by atoms with Gasteiger partial charge in [-0.2, -0.15) is 0 Å². The summed E-state index contributed by atoms with van der Waals surface area (Å²) in [7, 11) is 1.56. The molecule has 0 saturated heterocycles. The monoisotopic (exact) mass is 346 g/mol. The molecule has 2 aromatic rings. The lowest BCUT2D eigenvalue weighted by atomic mass is 10.1. The fraction of sp³-hybridized carbons (Fsp3) is 0.222. The summed E-state index contributed by atoms with van der Waals surface area (Å²) in [5.41, 5.74) is 1.74. The molecule has 24 heavy (non-hydrogen) atoms. The van der Waals surface area contributed by atoms with E-state index in [0.717, 1.165) is 11.1 Å². The number of nitrogens with one attached hydrogen (secondary N) is 2. The van der Waals surface area contributed by atoms with Crippen molar-refractivity contribution in [3.8, 4) is 5.75 Å². The first-order chi connectivity index (χ1) is 11.6. The van der Waals surface area contributed by atoms with Crippen LogP contribution in [-0.4, -0.2) is 25.5 Å². The second-order valence-electron chi connectivity index (χ2n) is 5.15. The molecule has 0 aliphatic carbocycles. The van der Waals surface area contributed by atoms with Crippen LogP contribution in [0.5, 0.6) is 5.75 Å². The van der Waals surface area contributed by atoms with Crippen LogP contribution in [0.25, 0.3) is 0 Å². The minimum Gasteiger partial charge on any atom is -0.484 e. The van der Waals surface area contributed by atoms with Crippen LogP contribution in [0.1, 0.15) is 11.1 Å². The molecule has 0 heterocycles. The maximum absolute atomic E-state index is 12.0. The zero-order valence-electron chi connectivity index (χ0n) is 13.3. The van der Waals surface area contributed by atoms with Crippen LogP contribution in [0.15, 0.2) is 48.5 Å². The fourth-order valence-electron chi connectivity index (χ4n) is 2.00. The van der Waals surface area contributed by atoms with E-state index in [9.17, 15) is 9.59 Å². The quantitative estimate of drug-likeness (QED) is 0.808. The Kier molecular flexibility index (Phi) is 6.63. The normalized spacial score (nSPS) is 10.1. The number of hydrogen-bond acceptors (Lipinski definition) is 3. The number of amides is 2. The van der Waals surface area contributed by atoms with Crippen molar-refractivity contribution in [2.24, 2.45) is 0 Å². The smallest absolute Gasteiger partial charge is 0.257 e. The minimum atomic E-state index is -0.189. The van der Waals surface area contributed by atoms with Gasteiger partial charge in [0.05, 0.1) is 6.42 Å². The van der Waals surface area contributed by atoms with Crippen molar-refractivity contribution in [3.05, 3.63) is 64.7 Å². The van der Waals surface area contributed by atoms with Gasteiger partial charge in [0.2, 0.25) is 5.91 Å². The van der Waals surface area contributed by atoms with E-state index in [1.807, 2.05) is 30.3 Å². The summed E-state index contributed by atoms with van der Waals surface area (Å²) in [5, 5.41) is 5.92. The molecule has 0 saturated carbocycles. The highest BCUT2D eigenvalue weighted by Gasteiger charge is 2.06. The van der Waals surface area contributed by atoms with E-state index < -0.39 is 0 Å². The number of benzene rings is 2. The lowest BCUT2D eigenvalue weighted by Crippen LogP contribution is -2.25. The fourth-order valence-corrected chi connectivity index (χ4v) is 2.21. The van der Waals surface area contributed by atoms with Gasteiger partial charge in [-0.3, -0.25) is 9.59 Å². The Morgan fingerprint density at radius 3 is 2.42 bits per heavy atom. The number of hydrogen-bond donors (Lipinski definition) is 2. The maximum Gasteiger partial charge on any atom is 0.257 e. The lowest BCUT2D eigenvalue weighted by Gasteiger charge is -2.08. The standard InChI is InChI=1S/C18H19ClN2O3/c1-20-18(23)12-24-15-8-6-13(7-9-15)11-21-17(22)10-14-4-2-3-5-16(14)19/h2-9H,10-12H2,1H3,(H,20,23)(H,21,22). The molecule has 2 rings (SSSR count). The molecule has 0 fully saturated rings. The van der Waals surface area contributed by atoms with E-state index in [4.69, 9.17) is 16.3 Å². The Bertz CT molecular complexity index is 702. The first-order valence-corrected chi connectivity index (χ1v) is 7.88. The molecule has 0 unspecified atom stereocenters. The third-order valence-electron chi connectivity index (χ3n) is 3.37. The third kappa shape index (κ3) is 5.59. The Labute approximate surface area is 146 Å². The van der Waals surface area contributed by atoms with E-state index in [0.29, 0.717) is 17.3 Å². The Morgan fingerprint density at radius 1 is 1.04 bits per heavy atom. The average molecular weight is 347 g/mol. The van der Waals surface area contributed by atoms with Gasteiger partial charge < -0.3 is 15.4 Å². The summed E-state index contributed by atoms with van der Waals surface area (Å²) in [6.45, 7) is 0.392. The van der Waals surface area contributed by atoms with E-state index in [2.05, 4.69) is 10.6 Å². The number of halogens is 1. The molecule has 2 N–H and O–H groups in total. The zero-order chi connectivity index (χ0) is 17.4. The first kappa shape index (κ1) is 17.8. The van der Waals surface area contributed by atoms with Crippen LogP contribution in [0.2, 0.25) is 5.02 Å². The molecule has 0 bridgehead atoms. The van der Waals surface area contributed by atoms with Gasteiger partial charge in [0.25, 0.3) is 5.91 Å². The van der Waals surface area contributed by atoms with Crippen molar-refractivity contribution in [2.45, 2.75) is 13.0 Å². The minimum absolute atomic E-state index is 0.0234. The number of carbonyl (C=O) groups excluding carboxylic acids is 2.